The van der Waals surface area contributed by atoms with Gasteiger partial charge in [-0.3, -0.25) is 9.59 Å². The molecule has 1 aromatic carbocycles. The van der Waals surface area contributed by atoms with Gasteiger partial charge >= 0.3 is 0 Å². The monoisotopic (exact) mass is 327 g/mol. The Hall–Kier alpha value is -2.56. The van der Waals surface area contributed by atoms with E-state index in [1.807, 2.05) is 38.1 Å². The Bertz CT molecular complexity index is 710. The zero-order chi connectivity index (χ0) is 17.9. The van der Waals surface area contributed by atoms with Crippen LogP contribution in [0.2, 0.25) is 0 Å². The molecular weight excluding hydrogens is 302 g/mol. The third-order valence-electron chi connectivity index (χ3n) is 3.97. The van der Waals surface area contributed by atoms with Crippen molar-refractivity contribution in [1.82, 2.24) is 9.88 Å². The molecule has 0 unspecified atom stereocenters. The van der Waals surface area contributed by atoms with Gasteiger partial charge in [-0.25, -0.2) is 0 Å². The summed E-state index contributed by atoms with van der Waals surface area (Å²) in [6.45, 7) is 9.34. The molecule has 0 fully saturated rings. The SMILES string of the molecule is CC(=O)N[C@H](C(=O)Nc1ccc(-n2c(C)ccc2C)cc1)C(C)C. The summed E-state index contributed by atoms with van der Waals surface area (Å²) in [6, 6.07) is 11.3. The number of hydrogen-bond acceptors (Lipinski definition) is 2. The highest BCUT2D eigenvalue weighted by atomic mass is 16.2. The highest BCUT2D eigenvalue weighted by molar-refractivity contribution is 5.97. The second kappa shape index (κ2) is 7.34. The van der Waals surface area contributed by atoms with Crippen LogP contribution in [0.15, 0.2) is 36.4 Å². The fraction of sp³-hybridized carbons (Fsp3) is 0.368. The van der Waals surface area contributed by atoms with Crippen LogP contribution in [0.3, 0.4) is 0 Å². The van der Waals surface area contributed by atoms with Gasteiger partial charge in [0.05, 0.1) is 0 Å². The lowest BCUT2D eigenvalue weighted by molar-refractivity contribution is -0.126. The van der Waals surface area contributed by atoms with Crippen LogP contribution in [0.5, 0.6) is 0 Å². The van der Waals surface area contributed by atoms with Gasteiger partial charge in [0, 0.05) is 29.7 Å². The number of carbonyl (C=O) groups is 2. The Morgan fingerprint density at radius 1 is 0.958 bits per heavy atom. The van der Waals surface area contributed by atoms with Gasteiger partial charge in [-0.2, -0.15) is 0 Å². The number of aryl methyl sites for hydroxylation is 2. The van der Waals surface area contributed by atoms with E-state index in [0.29, 0.717) is 5.69 Å². The first-order valence-corrected chi connectivity index (χ1v) is 8.13. The number of carbonyl (C=O) groups excluding carboxylic acids is 2. The average molecular weight is 327 g/mol. The van der Waals surface area contributed by atoms with Crippen molar-refractivity contribution in [2.24, 2.45) is 5.92 Å². The molecule has 0 saturated carbocycles. The van der Waals surface area contributed by atoms with Crippen LogP contribution in [-0.2, 0) is 9.59 Å². The molecule has 1 aromatic heterocycles. The van der Waals surface area contributed by atoms with Gasteiger partial charge in [0.2, 0.25) is 11.8 Å². The molecule has 24 heavy (non-hydrogen) atoms. The van der Waals surface area contributed by atoms with E-state index in [4.69, 9.17) is 0 Å². The second-order valence-electron chi connectivity index (χ2n) is 6.41. The number of anilines is 1. The largest absolute Gasteiger partial charge is 0.344 e. The van der Waals surface area contributed by atoms with E-state index in [1.54, 1.807) is 0 Å². The summed E-state index contributed by atoms with van der Waals surface area (Å²) >= 11 is 0. The Balaban J connectivity index is 2.14. The molecule has 0 aliphatic rings. The highest BCUT2D eigenvalue weighted by Crippen LogP contribution is 2.19. The Morgan fingerprint density at radius 2 is 1.50 bits per heavy atom. The standard InChI is InChI=1S/C19H25N3O2/c1-12(2)18(20-15(5)23)19(24)21-16-8-10-17(11-9-16)22-13(3)6-7-14(22)4/h6-12,18H,1-5H3,(H,20,23)(H,21,24)/t18-/m0/s1. The van der Waals surface area contributed by atoms with E-state index in [9.17, 15) is 9.59 Å². The maximum Gasteiger partial charge on any atom is 0.247 e. The molecule has 0 aliphatic carbocycles. The lowest BCUT2D eigenvalue weighted by Crippen LogP contribution is -2.46. The zero-order valence-corrected chi connectivity index (χ0v) is 14.9. The van der Waals surface area contributed by atoms with Crippen molar-refractivity contribution in [3.63, 3.8) is 0 Å². The fourth-order valence-corrected chi connectivity index (χ4v) is 2.74. The summed E-state index contributed by atoms with van der Waals surface area (Å²) in [7, 11) is 0. The minimum absolute atomic E-state index is 0.0124. The number of benzene rings is 1. The second-order valence-corrected chi connectivity index (χ2v) is 6.41. The van der Waals surface area contributed by atoms with E-state index in [1.165, 1.54) is 6.92 Å². The topological polar surface area (TPSA) is 63.1 Å². The summed E-state index contributed by atoms with van der Waals surface area (Å²) in [6.07, 6.45) is 0. The first-order chi connectivity index (χ1) is 11.3. The molecule has 2 N–H and O–H groups in total. The molecule has 0 spiro atoms. The van der Waals surface area contributed by atoms with Crippen molar-refractivity contribution in [1.29, 1.82) is 0 Å². The van der Waals surface area contributed by atoms with Gasteiger partial charge in [0.1, 0.15) is 6.04 Å². The van der Waals surface area contributed by atoms with Gasteiger partial charge in [-0.15, -0.1) is 0 Å². The predicted octanol–water partition coefficient (Wildman–Crippen LogP) is 3.19. The summed E-state index contributed by atoms with van der Waals surface area (Å²) in [5.74, 6) is -0.405. The van der Waals surface area contributed by atoms with E-state index in [0.717, 1.165) is 17.1 Å². The predicted molar refractivity (Wildman–Crippen MR) is 96.3 cm³/mol. The number of hydrogen-bond donors (Lipinski definition) is 2. The molecule has 5 nitrogen and oxygen atoms in total. The minimum atomic E-state index is -0.545. The Kier molecular flexibility index (Phi) is 5.44. The van der Waals surface area contributed by atoms with Gasteiger partial charge < -0.3 is 15.2 Å². The van der Waals surface area contributed by atoms with Gasteiger partial charge in [-0.05, 0) is 56.2 Å². The Morgan fingerprint density at radius 3 is 1.96 bits per heavy atom. The third-order valence-corrected chi connectivity index (χ3v) is 3.97. The number of rotatable bonds is 5. The van der Waals surface area contributed by atoms with Crippen molar-refractivity contribution in [2.75, 3.05) is 5.32 Å². The molecule has 128 valence electrons. The van der Waals surface area contributed by atoms with Crippen LogP contribution in [-0.4, -0.2) is 22.4 Å². The molecular formula is C19H25N3O2. The molecule has 2 amide bonds. The van der Waals surface area contributed by atoms with Crippen molar-refractivity contribution >= 4 is 17.5 Å². The third kappa shape index (κ3) is 4.04. The molecule has 1 heterocycles. The van der Waals surface area contributed by atoms with Gasteiger partial charge in [0.15, 0.2) is 0 Å². The van der Waals surface area contributed by atoms with E-state index < -0.39 is 6.04 Å². The average Bonchev–Trinajstić information content (AvgIpc) is 2.84. The van der Waals surface area contributed by atoms with Crippen molar-refractivity contribution < 1.29 is 9.59 Å². The van der Waals surface area contributed by atoms with Crippen LogP contribution in [0.1, 0.15) is 32.2 Å². The normalized spacial score (nSPS) is 12.1. The molecule has 0 bridgehead atoms. The number of nitrogens with one attached hydrogen (secondary N) is 2. The number of aromatic nitrogens is 1. The van der Waals surface area contributed by atoms with Crippen LogP contribution < -0.4 is 10.6 Å². The highest BCUT2D eigenvalue weighted by Gasteiger charge is 2.22. The van der Waals surface area contributed by atoms with E-state index >= 15 is 0 Å². The summed E-state index contributed by atoms with van der Waals surface area (Å²) in [5, 5.41) is 5.56. The minimum Gasteiger partial charge on any atom is -0.344 e. The molecule has 0 aliphatic heterocycles. The van der Waals surface area contributed by atoms with Crippen LogP contribution >= 0.6 is 0 Å². The quantitative estimate of drug-likeness (QED) is 0.886. The van der Waals surface area contributed by atoms with Gasteiger partial charge in [0.25, 0.3) is 0 Å². The molecule has 0 radical (unpaired) electrons. The molecule has 1 atom stereocenters. The molecule has 0 saturated heterocycles. The molecule has 5 heteroatoms. The molecule has 2 rings (SSSR count). The smallest absolute Gasteiger partial charge is 0.247 e. The number of amides is 2. The van der Waals surface area contributed by atoms with E-state index in [-0.39, 0.29) is 17.7 Å². The summed E-state index contributed by atoms with van der Waals surface area (Å²) in [4.78, 5) is 23.6. The zero-order valence-electron chi connectivity index (χ0n) is 14.9. The molecule has 2 aromatic rings. The van der Waals surface area contributed by atoms with Crippen molar-refractivity contribution in [2.45, 2.75) is 40.7 Å². The Labute approximate surface area is 143 Å². The van der Waals surface area contributed by atoms with Crippen molar-refractivity contribution in [3.05, 3.63) is 47.8 Å². The van der Waals surface area contributed by atoms with E-state index in [2.05, 4.69) is 41.2 Å². The van der Waals surface area contributed by atoms with Gasteiger partial charge in [-0.1, -0.05) is 13.8 Å². The maximum atomic E-state index is 12.4. The maximum absolute atomic E-state index is 12.4. The lowest BCUT2D eigenvalue weighted by Gasteiger charge is -2.21. The number of nitrogens with zero attached hydrogens (tertiary/aromatic N) is 1. The first-order valence-electron chi connectivity index (χ1n) is 8.13. The van der Waals surface area contributed by atoms with Crippen LogP contribution in [0.25, 0.3) is 5.69 Å². The summed E-state index contributed by atoms with van der Waals surface area (Å²) < 4.78 is 2.15. The fourth-order valence-electron chi connectivity index (χ4n) is 2.74. The van der Waals surface area contributed by atoms with Crippen LogP contribution in [0.4, 0.5) is 5.69 Å². The lowest BCUT2D eigenvalue weighted by atomic mass is 10.0. The first kappa shape index (κ1) is 17.8. The summed E-state index contributed by atoms with van der Waals surface area (Å²) in [5.41, 5.74) is 4.09. The van der Waals surface area contributed by atoms with Crippen molar-refractivity contribution in [3.8, 4) is 5.69 Å². The van der Waals surface area contributed by atoms with Crippen LogP contribution in [0, 0.1) is 19.8 Å².